The molecule has 1 aromatic carbocycles. The van der Waals surface area contributed by atoms with Crippen molar-refractivity contribution in [3.63, 3.8) is 0 Å². The maximum absolute atomic E-state index is 12.3. The van der Waals surface area contributed by atoms with E-state index in [1.54, 1.807) is 0 Å². The molecule has 0 radical (unpaired) electrons. The van der Waals surface area contributed by atoms with E-state index in [1.807, 2.05) is 38.1 Å². The second kappa shape index (κ2) is 6.05. The van der Waals surface area contributed by atoms with E-state index in [2.05, 4.69) is 5.32 Å². The lowest BCUT2D eigenvalue weighted by Crippen LogP contribution is -2.44. The molecular formula is C15H20N2O3. The SMILES string of the molecule is CC(C)NCCC(=O)N1c2ccccc2CC1C(=O)O. The van der Waals surface area contributed by atoms with Gasteiger partial charge >= 0.3 is 5.97 Å². The first-order valence-electron chi connectivity index (χ1n) is 6.87. The average Bonchev–Trinajstić information content (AvgIpc) is 2.77. The molecular weight excluding hydrogens is 256 g/mol. The van der Waals surface area contributed by atoms with Gasteiger partial charge in [0.2, 0.25) is 5.91 Å². The van der Waals surface area contributed by atoms with E-state index in [-0.39, 0.29) is 5.91 Å². The minimum Gasteiger partial charge on any atom is -0.480 e. The van der Waals surface area contributed by atoms with Gasteiger partial charge in [0.15, 0.2) is 0 Å². The third-order valence-electron chi connectivity index (χ3n) is 3.42. The number of amides is 1. The molecule has 0 saturated carbocycles. The van der Waals surface area contributed by atoms with Crippen molar-refractivity contribution in [2.75, 3.05) is 11.4 Å². The molecule has 1 heterocycles. The quantitative estimate of drug-likeness (QED) is 0.853. The smallest absolute Gasteiger partial charge is 0.327 e. The fraction of sp³-hybridized carbons (Fsp3) is 0.467. The van der Waals surface area contributed by atoms with Gasteiger partial charge in [-0.25, -0.2) is 4.79 Å². The van der Waals surface area contributed by atoms with Gasteiger partial charge in [-0.2, -0.15) is 0 Å². The Morgan fingerprint density at radius 3 is 2.75 bits per heavy atom. The number of carboxylic acid groups (broad SMARTS) is 1. The van der Waals surface area contributed by atoms with Crippen molar-refractivity contribution >= 4 is 17.6 Å². The molecule has 2 rings (SSSR count). The third-order valence-corrected chi connectivity index (χ3v) is 3.42. The summed E-state index contributed by atoms with van der Waals surface area (Å²) in [7, 11) is 0. The van der Waals surface area contributed by atoms with Crippen LogP contribution in [0.5, 0.6) is 0 Å². The van der Waals surface area contributed by atoms with Crippen LogP contribution in [0.2, 0.25) is 0 Å². The molecule has 1 aliphatic rings. The number of para-hydroxylation sites is 1. The highest BCUT2D eigenvalue weighted by Crippen LogP contribution is 2.32. The molecule has 0 aromatic heterocycles. The zero-order valence-corrected chi connectivity index (χ0v) is 11.8. The summed E-state index contributed by atoms with van der Waals surface area (Å²) in [5.41, 5.74) is 1.65. The van der Waals surface area contributed by atoms with E-state index in [1.165, 1.54) is 4.90 Å². The summed E-state index contributed by atoms with van der Waals surface area (Å²) < 4.78 is 0. The monoisotopic (exact) mass is 276 g/mol. The zero-order chi connectivity index (χ0) is 14.7. The van der Waals surface area contributed by atoms with E-state index in [4.69, 9.17) is 0 Å². The number of nitrogens with one attached hydrogen (secondary N) is 1. The maximum atomic E-state index is 12.3. The number of fused-ring (bicyclic) bond motifs is 1. The van der Waals surface area contributed by atoms with E-state index in [9.17, 15) is 14.7 Å². The normalized spacial score (nSPS) is 17.4. The largest absolute Gasteiger partial charge is 0.480 e. The van der Waals surface area contributed by atoms with Crippen molar-refractivity contribution in [2.24, 2.45) is 0 Å². The van der Waals surface area contributed by atoms with Crippen molar-refractivity contribution in [1.82, 2.24) is 5.32 Å². The lowest BCUT2D eigenvalue weighted by Gasteiger charge is -2.23. The summed E-state index contributed by atoms with van der Waals surface area (Å²) in [5.74, 6) is -1.10. The number of aliphatic carboxylic acids is 1. The average molecular weight is 276 g/mol. The van der Waals surface area contributed by atoms with Gasteiger partial charge in [-0.1, -0.05) is 32.0 Å². The molecule has 20 heavy (non-hydrogen) atoms. The number of carbonyl (C=O) groups excluding carboxylic acids is 1. The fourth-order valence-corrected chi connectivity index (χ4v) is 2.48. The number of benzene rings is 1. The number of carboxylic acids is 1. The Hall–Kier alpha value is -1.88. The first-order valence-corrected chi connectivity index (χ1v) is 6.87. The Balaban J connectivity index is 2.14. The number of carbonyl (C=O) groups is 2. The topological polar surface area (TPSA) is 69.6 Å². The number of nitrogens with zero attached hydrogens (tertiary/aromatic N) is 1. The van der Waals surface area contributed by atoms with Gasteiger partial charge in [0, 0.05) is 31.1 Å². The van der Waals surface area contributed by atoms with Gasteiger partial charge < -0.3 is 10.4 Å². The molecule has 0 spiro atoms. The highest BCUT2D eigenvalue weighted by atomic mass is 16.4. The summed E-state index contributed by atoms with van der Waals surface area (Å²) in [6.45, 7) is 4.58. The first-order chi connectivity index (χ1) is 9.50. The van der Waals surface area contributed by atoms with Crippen LogP contribution in [0.15, 0.2) is 24.3 Å². The molecule has 0 bridgehead atoms. The van der Waals surface area contributed by atoms with Crippen LogP contribution in [0.1, 0.15) is 25.8 Å². The van der Waals surface area contributed by atoms with Crippen LogP contribution in [0.25, 0.3) is 0 Å². The van der Waals surface area contributed by atoms with Crippen LogP contribution in [0, 0.1) is 0 Å². The first kappa shape index (κ1) is 14.5. The van der Waals surface area contributed by atoms with Crippen LogP contribution in [0.4, 0.5) is 5.69 Å². The van der Waals surface area contributed by atoms with E-state index in [0.29, 0.717) is 25.4 Å². The number of hydrogen-bond donors (Lipinski definition) is 2. The van der Waals surface area contributed by atoms with Gasteiger partial charge in [-0.15, -0.1) is 0 Å². The summed E-state index contributed by atoms with van der Waals surface area (Å²) in [6.07, 6.45) is 0.686. The zero-order valence-electron chi connectivity index (χ0n) is 11.8. The van der Waals surface area contributed by atoms with Crippen molar-refractivity contribution in [1.29, 1.82) is 0 Å². The Bertz CT molecular complexity index is 514. The lowest BCUT2D eigenvalue weighted by molar-refractivity contribution is -0.139. The van der Waals surface area contributed by atoms with Crippen LogP contribution in [0.3, 0.4) is 0 Å². The number of anilines is 1. The van der Waals surface area contributed by atoms with Crippen LogP contribution < -0.4 is 10.2 Å². The molecule has 108 valence electrons. The summed E-state index contributed by atoms with van der Waals surface area (Å²) in [5, 5.41) is 12.5. The van der Waals surface area contributed by atoms with Crippen molar-refractivity contribution in [3.8, 4) is 0 Å². The predicted molar refractivity (Wildman–Crippen MR) is 76.8 cm³/mol. The molecule has 5 nitrogen and oxygen atoms in total. The second-order valence-corrected chi connectivity index (χ2v) is 5.31. The van der Waals surface area contributed by atoms with Crippen LogP contribution >= 0.6 is 0 Å². The van der Waals surface area contributed by atoms with Crippen molar-refractivity contribution in [3.05, 3.63) is 29.8 Å². The molecule has 1 unspecified atom stereocenters. The summed E-state index contributed by atoms with van der Waals surface area (Å²) in [6, 6.07) is 6.92. The molecule has 1 aliphatic heterocycles. The second-order valence-electron chi connectivity index (χ2n) is 5.31. The standard InChI is InChI=1S/C15H20N2O3/c1-10(2)16-8-7-14(18)17-12-6-4-3-5-11(12)9-13(17)15(19)20/h3-6,10,13,16H,7-9H2,1-2H3,(H,19,20). The molecule has 0 saturated heterocycles. The molecule has 0 fully saturated rings. The van der Waals surface area contributed by atoms with Gasteiger partial charge in [0.05, 0.1) is 0 Å². The number of hydrogen-bond acceptors (Lipinski definition) is 3. The van der Waals surface area contributed by atoms with Crippen LogP contribution in [-0.2, 0) is 16.0 Å². The van der Waals surface area contributed by atoms with E-state index < -0.39 is 12.0 Å². The molecule has 2 N–H and O–H groups in total. The maximum Gasteiger partial charge on any atom is 0.327 e. The minimum atomic E-state index is -0.952. The Kier molecular flexibility index (Phi) is 4.39. The molecule has 5 heteroatoms. The summed E-state index contributed by atoms with van der Waals surface area (Å²) in [4.78, 5) is 25.1. The predicted octanol–water partition coefficient (Wildman–Crippen LogP) is 1.42. The van der Waals surface area contributed by atoms with Crippen molar-refractivity contribution in [2.45, 2.75) is 38.8 Å². The highest BCUT2D eigenvalue weighted by molar-refractivity contribution is 6.01. The molecule has 0 aliphatic carbocycles. The lowest BCUT2D eigenvalue weighted by atomic mass is 10.1. The molecule has 1 aromatic rings. The highest BCUT2D eigenvalue weighted by Gasteiger charge is 2.37. The summed E-state index contributed by atoms with van der Waals surface area (Å²) >= 11 is 0. The fourth-order valence-electron chi connectivity index (χ4n) is 2.48. The van der Waals surface area contributed by atoms with Crippen LogP contribution in [-0.4, -0.2) is 35.6 Å². The van der Waals surface area contributed by atoms with E-state index >= 15 is 0 Å². The minimum absolute atomic E-state index is 0.143. The van der Waals surface area contributed by atoms with E-state index in [0.717, 1.165) is 11.3 Å². The van der Waals surface area contributed by atoms with Gasteiger partial charge in [0.25, 0.3) is 0 Å². The van der Waals surface area contributed by atoms with Gasteiger partial charge in [-0.3, -0.25) is 9.69 Å². The Labute approximate surface area is 118 Å². The number of rotatable bonds is 5. The Morgan fingerprint density at radius 2 is 2.10 bits per heavy atom. The molecule has 1 amide bonds. The van der Waals surface area contributed by atoms with Gasteiger partial charge in [-0.05, 0) is 11.6 Å². The third kappa shape index (κ3) is 2.99. The molecule has 1 atom stereocenters. The Morgan fingerprint density at radius 1 is 1.40 bits per heavy atom. The van der Waals surface area contributed by atoms with Gasteiger partial charge in [0.1, 0.15) is 6.04 Å². The van der Waals surface area contributed by atoms with Crippen molar-refractivity contribution < 1.29 is 14.7 Å².